The molecule has 0 aliphatic carbocycles. The van der Waals surface area contributed by atoms with Crippen LogP contribution in [0.15, 0.2) is 0 Å². The zero-order valence-corrected chi connectivity index (χ0v) is 9.05. The van der Waals surface area contributed by atoms with Gasteiger partial charge in [0.05, 0.1) is 12.7 Å². The van der Waals surface area contributed by atoms with E-state index in [2.05, 4.69) is 4.90 Å². The molecule has 0 aromatic heterocycles. The fraction of sp³-hybridized carbons (Fsp3) is 1.00. The molecule has 0 saturated carbocycles. The van der Waals surface area contributed by atoms with Crippen LogP contribution in [0.1, 0.15) is 19.3 Å². The lowest BCUT2D eigenvalue weighted by molar-refractivity contribution is 0.0683. The molecule has 1 N–H and O–H groups in total. The van der Waals surface area contributed by atoms with Gasteiger partial charge in [0.25, 0.3) is 0 Å². The Labute approximate surface area is 84.7 Å². The van der Waals surface area contributed by atoms with Crippen molar-refractivity contribution in [1.82, 2.24) is 4.90 Å². The van der Waals surface area contributed by atoms with Crippen molar-refractivity contribution < 1.29 is 9.29 Å². The van der Waals surface area contributed by atoms with E-state index in [1.54, 1.807) is 0 Å². The highest BCUT2D eigenvalue weighted by Crippen LogP contribution is 2.10. The number of likely N-dealkylation sites (tertiary alicyclic amines) is 1. The lowest BCUT2D eigenvalue weighted by Crippen LogP contribution is -2.38. The Morgan fingerprint density at radius 3 is 3.15 bits per heavy atom. The Kier molecular flexibility index (Phi) is 5.78. The first-order valence-electron chi connectivity index (χ1n) is 4.89. The summed E-state index contributed by atoms with van der Waals surface area (Å²) in [5.74, 6) is 0. The molecule has 0 unspecified atom stereocenters. The molecule has 4 heteroatoms. The van der Waals surface area contributed by atoms with Crippen LogP contribution >= 0.6 is 12.0 Å². The second-order valence-electron chi connectivity index (χ2n) is 3.44. The SMILES string of the molecule is CSOCCCN1CCC[C@@H](O)C1. The first-order chi connectivity index (χ1) is 6.33. The quantitative estimate of drug-likeness (QED) is 0.539. The van der Waals surface area contributed by atoms with E-state index in [9.17, 15) is 5.11 Å². The number of piperidine rings is 1. The maximum absolute atomic E-state index is 9.41. The molecule has 1 heterocycles. The molecular weight excluding hydrogens is 186 g/mol. The largest absolute Gasteiger partial charge is 0.392 e. The molecule has 0 bridgehead atoms. The predicted octanol–water partition coefficient (Wildman–Crippen LogP) is 1.13. The van der Waals surface area contributed by atoms with Crippen molar-refractivity contribution in [3.63, 3.8) is 0 Å². The lowest BCUT2D eigenvalue weighted by atomic mass is 10.1. The molecule has 0 spiro atoms. The van der Waals surface area contributed by atoms with Gasteiger partial charge in [-0.25, -0.2) is 0 Å². The van der Waals surface area contributed by atoms with Crippen molar-refractivity contribution in [2.24, 2.45) is 0 Å². The highest BCUT2D eigenvalue weighted by Gasteiger charge is 2.16. The van der Waals surface area contributed by atoms with Gasteiger partial charge in [0.2, 0.25) is 0 Å². The molecule has 1 aliphatic rings. The van der Waals surface area contributed by atoms with E-state index in [1.165, 1.54) is 12.0 Å². The first-order valence-corrected chi connectivity index (χ1v) is 6.04. The number of rotatable bonds is 5. The van der Waals surface area contributed by atoms with Crippen LogP contribution in [0, 0.1) is 0 Å². The highest BCUT2D eigenvalue weighted by atomic mass is 32.2. The maximum atomic E-state index is 9.41. The summed E-state index contributed by atoms with van der Waals surface area (Å²) < 4.78 is 5.18. The normalized spacial score (nSPS) is 24.9. The Balaban J connectivity index is 2.00. The van der Waals surface area contributed by atoms with E-state index < -0.39 is 0 Å². The second-order valence-corrected chi connectivity index (χ2v) is 4.01. The van der Waals surface area contributed by atoms with Gasteiger partial charge in [0.15, 0.2) is 0 Å². The summed E-state index contributed by atoms with van der Waals surface area (Å²) >= 11 is 1.42. The van der Waals surface area contributed by atoms with E-state index in [4.69, 9.17) is 4.18 Å². The minimum absolute atomic E-state index is 0.102. The summed E-state index contributed by atoms with van der Waals surface area (Å²) in [6.07, 6.45) is 5.00. The topological polar surface area (TPSA) is 32.7 Å². The van der Waals surface area contributed by atoms with Gasteiger partial charge in [0, 0.05) is 19.3 Å². The molecule has 1 rings (SSSR count). The van der Waals surface area contributed by atoms with Gasteiger partial charge < -0.3 is 14.2 Å². The van der Waals surface area contributed by atoms with Crippen LogP contribution in [-0.2, 0) is 4.18 Å². The van der Waals surface area contributed by atoms with Crippen LogP contribution < -0.4 is 0 Å². The third-order valence-electron chi connectivity index (χ3n) is 2.30. The number of nitrogens with zero attached hydrogens (tertiary/aromatic N) is 1. The van der Waals surface area contributed by atoms with E-state index in [0.717, 1.165) is 45.5 Å². The van der Waals surface area contributed by atoms with Crippen LogP contribution in [0.3, 0.4) is 0 Å². The molecule has 1 saturated heterocycles. The summed E-state index contributed by atoms with van der Waals surface area (Å²) in [5, 5.41) is 9.41. The molecule has 1 fully saturated rings. The summed E-state index contributed by atoms with van der Waals surface area (Å²) in [7, 11) is 0. The van der Waals surface area contributed by atoms with Gasteiger partial charge in [-0.3, -0.25) is 0 Å². The zero-order chi connectivity index (χ0) is 9.52. The number of hydrogen-bond acceptors (Lipinski definition) is 4. The second kappa shape index (κ2) is 6.65. The van der Waals surface area contributed by atoms with Gasteiger partial charge in [-0.1, -0.05) is 0 Å². The van der Waals surface area contributed by atoms with Crippen LogP contribution in [0.2, 0.25) is 0 Å². The Bertz CT molecular complexity index is 135. The van der Waals surface area contributed by atoms with Gasteiger partial charge in [0.1, 0.15) is 0 Å². The van der Waals surface area contributed by atoms with Crippen molar-refractivity contribution in [3.8, 4) is 0 Å². The minimum Gasteiger partial charge on any atom is -0.392 e. The van der Waals surface area contributed by atoms with Crippen molar-refractivity contribution >= 4 is 12.0 Å². The molecule has 78 valence electrons. The van der Waals surface area contributed by atoms with Gasteiger partial charge in [-0.15, -0.1) is 0 Å². The molecule has 0 aromatic carbocycles. The Morgan fingerprint density at radius 1 is 1.62 bits per heavy atom. The molecular formula is C9H19NO2S. The van der Waals surface area contributed by atoms with E-state index in [-0.39, 0.29) is 6.10 Å². The van der Waals surface area contributed by atoms with Crippen molar-refractivity contribution in [1.29, 1.82) is 0 Å². The minimum atomic E-state index is -0.102. The first kappa shape index (κ1) is 11.3. The predicted molar refractivity (Wildman–Crippen MR) is 55.8 cm³/mol. The fourth-order valence-electron chi connectivity index (χ4n) is 1.66. The average Bonchev–Trinajstić information content (AvgIpc) is 2.13. The monoisotopic (exact) mass is 205 g/mol. The van der Waals surface area contributed by atoms with Gasteiger partial charge in [-0.05, 0) is 37.8 Å². The summed E-state index contributed by atoms with van der Waals surface area (Å²) in [4.78, 5) is 2.32. The molecule has 0 amide bonds. The standard InChI is InChI=1S/C9H19NO2S/c1-13-12-7-3-6-10-5-2-4-9(11)8-10/h9,11H,2-8H2,1H3/t9-/m1/s1. The molecule has 3 nitrogen and oxygen atoms in total. The Hall–Kier alpha value is 0.230. The third-order valence-corrected chi connectivity index (χ3v) is 2.70. The van der Waals surface area contributed by atoms with E-state index >= 15 is 0 Å². The van der Waals surface area contributed by atoms with Crippen LogP contribution in [-0.4, -0.2) is 48.6 Å². The number of aliphatic hydroxyl groups is 1. The zero-order valence-electron chi connectivity index (χ0n) is 8.24. The number of hydrogen-bond donors (Lipinski definition) is 1. The van der Waals surface area contributed by atoms with Gasteiger partial charge >= 0.3 is 0 Å². The van der Waals surface area contributed by atoms with Crippen molar-refractivity contribution in [2.45, 2.75) is 25.4 Å². The summed E-state index contributed by atoms with van der Waals surface area (Å²) in [6.45, 7) is 3.85. The molecule has 1 atom stereocenters. The molecule has 0 radical (unpaired) electrons. The van der Waals surface area contributed by atoms with Gasteiger partial charge in [-0.2, -0.15) is 0 Å². The molecule has 1 aliphatic heterocycles. The maximum Gasteiger partial charge on any atom is 0.0667 e. The average molecular weight is 205 g/mol. The smallest absolute Gasteiger partial charge is 0.0667 e. The summed E-state index contributed by atoms with van der Waals surface area (Å²) in [6, 6.07) is 0. The van der Waals surface area contributed by atoms with Crippen LogP contribution in [0.25, 0.3) is 0 Å². The van der Waals surface area contributed by atoms with Crippen LogP contribution in [0.5, 0.6) is 0 Å². The summed E-state index contributed by atoms with van der Waals surface area (Å²) in [5.41, 5.74) is 0. The van der Waals surface area contributed by atoms with Crippen molar-refractivity contribution in [3.05, 3.63) is 0 Å². The molecule has 13 heavy (non-hydrogen) atoms. The fourth-order valence-corrected chi connectivity index (χ4v) is 1.95. The van der Waals surface area contributed by atoms with Crippen LogP contribution in [0.4, 0.5) is 0 Å². The number of aliphatic hydroxyl groups excluding tert-OH is 1. The van der Waals surface area contributed by atoms with Crippen molar-refractivity contribution in [2.75, 3.05) is 32.5 Å². The van der Waals surface area contributed by atoms with E-state index in [0.29, 0.717) is 0 Å². The lowest BCUT2D eigenvalue weighted by Gasteiger charge is -2.29. The Morgan fingerprint density at radius 2 is 2.46 bits per heavy atom. The molecule has 0 aromatic rings. The third kappa shape index (κ3) is 4.86. The van der Waals surface area contributed by atoms with E-state index in [1.807, 2.05) is 6.26 Å². The highest BCUT2D eigenvalue weighted by molar-refractivity contribution is 7.93. The number of β-amino-alcohol motifs (C(OH)–C–C–N with tert-alkyl or cyclic N) is 1.